The van der Waals surface area contributed by atoms with Crippen LogP contribution in [-0.2, 0) is 0 Å². The van der Waals surface area contributed by atoms with Crippen LogP contribution in [0.1, 0.15) is 44.5 Å². The number of hydrogen-bond acceptors (Lipinski definition) is 2. The fourth-order valence-corrected chi connectivity index (χ4v) is 4.99. The lowest BCUT2D eigenvalue weighted by molar-refractivity contribution is 0.410. The second-order valence-corrected chi connectivity index (χ2v) is 9.13. The lowest BCUT2D eigenvalue weighted by atomic mass is 9.68. The van der Waals surface area contributed by atoms with Gasteiger partial charge >= 0.3 is 0 Å². The predicted molar refractivity (Wildman–Crippen MR) is 186 cm³/mol. The van der Waals surface area contributed by atoms with E-state index < -0.39 is 11.5 Å². The number of allylic oxidation sites excluding steroid dienone is 4. The Hall–Kier alpha value is -4.89. The van der Waals surface area contributed by atoms with E-state index in [0.717, 1.165) is 27.8 Å². The maximum atomic E-state index is 10.5. The van der Waals surface area contributed by atoms with Gasteiger partial charge < -0.3 is 10.2 Å². The topological polar surface area (TPSA) is 40.5 Å². The van der Waals surface area contributed by atoms with Crippen LogP contribution in [-0.4, -0.2) is 33.8 Å². The molecule has 0 bridgehead atoms. The molecule has 0 saturated heterocycles. The van der Waals surface area contributed by atoms with Crippen LogP contribution >= 0.6 is 0 Å². The van der Waals surface area contributed by atoms with Gasteiger partial charge in [0.25, 0.3) is 0 Å². The first-order valence-corrected chi connectivity index (χ1v) is 12.6. The zero-order valence-electron chi connectivity index (χ0n) is 23.1. The van der Waals surface area contributed by atoms with Gasteiger partial charge in [-0.25, -0.2) is 0 Å². The molecular weight excluding hydrogens is 497 g/mol. The molecule has 0 aliphatic heterocycles. The van der Waals surface area contributed by atoms with Gasteiger partial charge in [-0.05, 0) is 72.2 Å². The second-order valence-electron chi connectivity index (χ2n) is 9.13. The largest absolute Gasteiger partial charge is 0.505 e. The normalized spacial score (nSPS) is 10.6. The molecule has 6 radical (unpaired) electrons. The molecule has 41 heavy (non-hydrogen) atoms. The van der Waals surface area contributed by atoms with Crippen LogP contribution in [0.25, 0.3) is 58.7 Å². The summed E-state index contributed by atoms with van der Waals surface area (Å²) in [5.74, 6) is -1.17. The van der Waals surface area contributed by atoms with E-state index in [4.69, 9.17) is 23.5 Å². The number of phenolic OH excluding ortho intramolecular Hbond substituents is 2. The van der Waals surface area contributed by atoms with E-state index >= 15 is 0 Å². The summed E-state index contributed by atoms with van der Waals surface area (Å²) in [5.41, 5.74) is 7.83. The molecule has 0 saturated carbocycles. The Bertz CT molecular complexity index is 1650. The molecule has 2 nitrogen and oxygen atoms in total. The van der Waals surface area contributed by atoms with Crippen molar-refractivity contribution in [2.45, 2.75) is 0 Å². The monoisotopic (exact) mass is 526 g/mol. The fourth-order valence-electron chi connectivity index (χ4n) is 4.99. The third-order valence-corrected chi connectivity index (χ3v) is 7.00. The van der Waals surface area contributed by atoms with Crippen molar-refractivity contribution in [2.75, 3.05) is 0 Å². The number of rotatable bonds is 11. The summed E-state index contributed by atoms with van der Waals surface area (Å²) in [6.07, 6.45) is 13.9. The van der Waals surface area contributed by atoms with E-state index in [0.29, 0.717) is 33.4 Å². The van der Waals surface area contributed by atoms with Crippen molar-refractivity contribution in [2.24, 2.45) is 0 Å². The molecule has 0 unspecified atom stereocenters. The van der Waals surface area contributed by atoms with Gasteiger partial charge in [0.05, 0.1) is 0 Å². The molecule has 3 aromatic carbocycles. The van der Waals surface area contributed by atoms with Crippen LogP contribution < -0.4 is 16.4 Å². The van der Waals surface area contributed by atoms with Gasteiger partial charge in [-0.2, -0.15) is 0 Å². The van der Waals surface area contributed by atoms with Gasteiger partial charge in [0, 0.05) is 0 Å². The summed E-state index contributed by atoms with van der Waals surface area (Å²) >= 11 is 0. The van der Waals surface area contributed by atoms with Gasteiger partial charge in [0.1, 0.15) is 35.0 Å². The average molecular weight is 526 g/mol. The zero-order chi connectivity index (χ0) is 30.6. The van der Waals surface area contributed by atoms with Crippen LogP contribution in [0.15, 0.2) is 83.0 Å². The minimum absolute atomic E-state index is 0.00317. The molecule has 0 atom stereocenters. The van der Waals surface area contributed by atoms with Crippen molar-refractivity contribution in [1.82, 2.24) is 0 Å². The summed E-state index contributed by atoms with van der Waals surface area (Å²) in [6, 6.07) is 5.87. The number of benzene rings is 3. The zero-order valence-corrected chi connectivity index (χ0v) is 23.1. The first-order chi connectivity index (χ1) is 19.5. The lowest BCUT2D eigenvalue weighted by Gasteiger charge is -2.26. The summed E-state index contributed by atoms with van der Waals surface area (Å²) in [7, 11) is 18.6. The fraction of sp³-hybridized carbons (Fsp3) is 0. The molecule has 2 N–H and O–H groups in total. The van der Waals surface area contributed by atoms with Crippen LogP contribution in [0.5, 0.6) is 11.5 Å². The third kappa shape index (κ3) is 5.19. The van der Waals surface area contributed by atoms with Gasteiger partial charge in [0.2, 0.25) is 0 Å². The van der Waals surface area contributed by atoms with Crippen LogP contribution in [0.2, 0.25) is 0 Å². The Morgan fingerprint density at radius 1 is 0.561 bits per heavy atom. The molecule has 0 spiro atoms. The highest BCUT2D eigenvalue weighted by molar-refractivity contribution is 6.56. The van der Waals surface area contributed by atoms with Crippen molar-refractivity contribution in [3.63, 3.8) is 0 Å². The van der Waals surface area contributed by atoms with Gasteiger partial charge in [-0.3, -0.25) is 0 Å². The SMILES string of the molecule is [B]c1c([B])c(-c2c(C=C)c(C=C)c(C(=C)/C=C\C(=C)c3cccc(C=C)c3C=C)c(C=C)c2C=C)c([B])c(O)c1O. The molecule has 0 aliphatic rings. The van der Waals surface area contributed by atoms with Crippen LogP contribution in [0.4, 0.5) is 0 Å². The summed E-state index contributed by atoms with van der Waals surface area (Å²) < 4.78 is 0. The highest BCUT2D eigenvalue weighted by Crippen LogP contribution is 2.41. The molecule has 194 valence electrons. The minimum Gasteiger partial charge on any atom is -0.505 e. The average Bonchev–Trinajstić information content (AvgIpc) is 2.99. The molecule has 0 heterocycles. The van der Waals surface area contributed by atoms with E-state index in [1.807, 2.05) is 30.4 Å². The second kappa shape index (κ2) is 12.5. The Labute approximate surface area is 247 Å². The van der Waals surface area contributed by atoms with Crippen molar-refractivity contribution >= 4 is 87.5 Å². The predicted octanol–water partition coefficient (Wildman–Crippen LogP) is 6.29. The Balaban J connectivity index is 2.34. The Morgan fingerprint density at radius 3 is 1.54 bits per heavy atom. The van der Waals surface area contributed by atoms with E-state index in [2.05, 4.69) is 52.6 Å². The maximum absolute atomic E-state index is 10.5. The molecule has 0 aromatic heterocycles. The first kappa shape index (κ1) is 30.7. The van der Waals surface area contributed by atoms with Crippen molar-refractivity contribution in [3.8, 4) is 22.6 Å². The Kier molecular flexibility index (Phi) is 9.37. The van der Waals surface area contributed by atoms with E-state index in [1.165, 1.54) is 0 Å². The van der Waals surface area contributed by atoms with Crippen molar-refractivity contribution in [3.05, 3.63) is 127 Å². The third-order valence-electron chi connectivity index (χ3n) is 7.00. The molecule has 0 aliphatic carbocycles. The standard InChI is InChI=1S/C36H29B3O2/c1-9-22-16-15-17-28(23(22)10-2)20(7)18-19-21(8)29-24(11-3)26(13-5)30(27(14-6)25(29)12-4)31-32(37)34(39)36(41)35(40)33(31)38/h9-19,40-41H,1-8H2/b19-18-. The highest BCUT2D eigenvalue weighted by atomic mass is 16.3. The smallest absolute Gasteiger partial charge is 0.150 e. The van der Waals surface area contributed by atoms with Crippen molar-refractivity contribution in [1.29, 1.82) is 0 Å². The highest BCUT2D eigenvalue weighted by Gasteiger charge is 2.25. The molecule has 3 rings (SSSR count). The number of aromatic hydroxyl groups is 2. The van der Waals surface area contributed by atoms with E-state index in [-0.39, 0.29) is 22.0 Å². The lowest BCUT2D eigenvalue weighted by Crippen LogP contribution is -2.34. The van der Waals surface area contributed by atoms with Gasteiger partial charge in [-0.15, -0.1) is 0 Å². The summed E-state index contributed by atoms with van der Waals surface area (Å²) in [5, 5.41) is 20.7. The summed E-state index contributed by atoms with van der Waals surface area (Å²) in [4.78, 5) is 0. The minimum atomic E-state index is -0.592. The van der Waals surface area contributed by atoms with Gasteiger partial charge in [0.15, 0.2) is 0 Å². The van der Waals surface area contributed by atoms with Crippen LogP contribution in [0, 0.1) is 0 Å². The van der Waals surface area contributed by atoms with Gasteiger partial charge in [-0.1, -0.05) is 130 Å². The Morgan fingerprint density at radius 2 is 1.05 bits per heavy atom. The van der Waals surface area contributed by atoms with Crippen molar-refractivity contribution < 1.29 is 10.2 Å². The number of hydrogen-bond donors (Lipinski definition) is 2. The molecule has 0 fully saturated rings. The van der Waals surface area contributed by atoms with Crippen LogP contribution in [0.3, 0.4) is 0 Å². The molecular formula is C36H29B3O2. The quantitative estimate of drug-likeness (QED) is 0.175. The van der Waals surface area contributed by atoms with E-state index in [9.17, 15) is 10.2 Å². The molecule has 3 aromatic rings. The first-order valence-electron chi connectivity index (χ1n) is 12.6. The maximum Gasteiger partial charge on any atom is 0.150 e. The molecule has 5 heteroatoms. The summed E-state index contributed by atoms with van der Waals surface area (Å²) in [6.45, 7) is 32.5. The number of phenols is 2. The van der Waals surface area contributed by atoms with E-state index in [1.54, 1.807) is 36.5 Å². The molecule has 0 amide bonds.